The first-order chi connectivity index (χ1) is 15.4. The molecule has 160 valence electrons. The van der Waals surface area contributed by atoms with E-state index in [0.29, 0.717) is 26.8 Å². The number of halogens is 2. The van der Waals surface area contributed by atoms with Gasteiger partial charge in [0.25, 0.3) is 5.91 Å². The Morgan fingerprint density at radius 2 is 1.84 bits per heavy atom. The number of amides is 1. The van der Waals surface area contributed by atoms with Crippen molar-refractivity contribution >= 4 is 67.0 Å². The van der Waals surface area contributed by atoms with Gasteiger partial charge in [0.2, 0.25) is 0 Å². The molecule has 0 fully saturated rings. The Morgan fingerprint density at radius 1 is 1.09 bits per heavy atom. The van der Waals surface area contributed by atoms with Gasteiger partial charge < -0.3 is 4.74 Å². The fraction of sp³-hybridized carbons (Fsp3) is 0.0417. The van der Waals surface area contributed by atoms with Crippen LogP contribution in [0.2, 0.25) is 5.02 Å². The smallest absolute Gasteiger partial charge is 0.343 e. The zero-order valence-corrected chi connectivity index (χ0v) is 19.9. The third-order valence-electron chi connectivity index (χ3n) is 4.57. The Morgan fingerprint density at radius 3 is 2.59 bits per heavy atom. The number of benzene rings is 3. The van der Waals surface area contributed by atoms with Crippen LogP contribution in [0.1, 0.15) is 31.2 Å². The number of thiophene rings is 1. The van der Waals surface area contributed by atoms with E-state index in [9.17, 15) is 9.59 Å². The fourth-order valence-corrected chi connectivity index (χ4v) is 4.72. The Balaban J connectivity index is 1.51. The molecule has 8 heteroatoms. The second-order valence-corrected chi connectivity index (χ2v) is 9.22. The third kappa shape index (κ3) is 4.91. The molecule has 4 rings (SSSR count). The first kappa shape index (κ1) is 22.2. The number of fused-ring (bicyclic) bond motifs is 1. The molecule has 5 nitrogen and oxygen atoms in total. The van der Waals surface area contributed by atoms with Gasteiger partial charge in [-0.2, -0.15) is 5.10 Å². The first-order valence-electron chi connectivity index (χ1n) is 9.51. The van der Waals surface area contributed by atoms with Gasteiger partial charge in [0.05, 0.1) is 16.8 Å². The minimum absolute atomic E-state index is 0.316. The molecule has 1 heterocycles. The number of carbonyl (C=O) groups is 2. The number of nitrogens with one attached hydrogen (secondary N) is 1. The molecule has 0 saturated heterocycles. The van der Waals surface area contributed by atoms with Crippen LogP contribution >= 0.6 is 38.9 Å². The summed E-state index contributed by atoms with van der Waals surface area (Å²) in [6, 6.07) is 19.8. The summed E-state index contributed by atoms with van der Waals surface area (Å²) in [6.45, 7) is 1.94. The summed E-state index contributed by atoms with van der Waals surface area (Å²) >= 11 is 11.0. The van der Waals surface area contributed by atoms with Gasteiger partial charge in [-0.1, -0.05) is 63.4 Å². The number of ether oxygens (including phenoxy) is 1. The minimum Gasteiger partial charge on any atom is -0.422 e. The van der Waals surface area contributed by atoms with Crippen LogP contribution in [0.25, 0.3) is 10.1 Å². The van der Waals surface area contributed by atoms with Gasteiger partial charge in [-0.15, -0.1) is 11.3 Å². The van der Waals surface area contributed by atoms with Crippen molar-refractivity contribution in [3.05, 3.63) is 97.8 Å². The van der Waals surface area contributed by atoms with E-state index in [4.69, 9.17) is 16.3 Å². The van der Waals surface area contributed by atoms with Crippen LogP contribution in [-0.2, 0) is 0 Å². The summed E-state index contributed by atoms with van der Waals surface area (Å²) in [5.74, 6) is -0.583. The van der Waals surface area contributed by atoms with Gasteiger partial charge in [0.15, 0.2) is 0 Å². The Hall–Kier alpha value is -3.00. The molecule has 1 N–H and O–H groups in total. The zero-order chi connectivity index (χ0) is 22.7. The standard InChI is InChI=1S/C24H16BrClN2O3S/c1-14-6-8-15(9-7-14)24(30)31-19-11-10-17(25)12-16(19)13-27-28-23(29)22-21(26)18-4-2-3-5-20(18)32-22/h2-13H,1H3,(H,28,29). The molecule has 4 aromatic rings. The molecule has 0 aliphatic heterocycles. The predicted octanol–water partition coefficient (Wildman–Crippen LogP) is 6.61. The lowest BCUT2D eigenvalue weighted by molar-refractivity contribution is 0.0734. The number of hydrogen-bond donors (Lipinski definition) is 1. The maximum Gasteiger partial charge on any atom is 0.343 e. The SMILES string of the molecule is Cc1ccc(C(=O)Oc2ccc(Br)cc2C=NNC(=O)c2sc3ccccc3c2Cl)cc1. The van der Waals surface area contributed by atoms with Crippen molar-refractivity contribution in [3.63, 3.8) is 0 Å². The van der Waals surface area contributed by atoms with E-state index in [1.807, 2.05) is 43.3 Å². The van der Waals surface area contributed by atoms with Crippen molar-refractivity contribution in [2.24, 2.45) is 5.10 Å². The highest BCUT2D eigenvalue weighted by Crippen LogP contribution is 2.35. The van der Waals surface area contributed by atoms with E-state index in [2.05, 4.69) is 26.5 Å². The molecular weight excluding hydrogens is 512 g/mol. The van der Waals surface area contributed by atoms with Crippen molar-refractivity contribution in [2.75, 3.05) is 0 Å². The molecule has 0 saturated carbocycles. The average Bonchev–Trinajstić information content (AvgIpc) is 3.12. The summed E-state index contributed by atoms with van der Waals surface area (Å²) in [4.78, 5) is 25.4. The molecule has 32 heavy (non-hydrogen) atoms. The van der Waals surface area contributed by atoms with E-state index in [1.165, 1.54) is 17.6 Å². The monoisotopic (exact) mass is 526 g/mol. The van der Waals surface area contributed by atoms with E-state index in [0.717, 1.165) is 20.1 Å². The van der Waals surface area contributed by atoms with Crippen LogP contribution in [0.5, 0.6) is 5.75 Å². The van der Waals surface area contributed by atoms with E-state index in [1.54, 1.807) is 30.3 Å². The number of carbonyl (C=O) groups excluding carboxylic acids is 2. The normalized spacial score (nSPS) is 11.1. The molecular formula is C24H16BrClN2O3S. The lowest BCUT2D eigenvalue weighted by Crippen LogP contribution is -2.17. The molecule has 0 radical (unpaired) electrons. The number of hydrazone groups is 1. The lowest BCUT2D eigenvalue weighted by atomic mass is 10.1. The molecule has 0 atom stereocenters. The predicted molar refractivity (Wildman–Crippen MR) is 132 cm³/mol. The van der Waals surface area contributed by atoms with Crippen LogP contribution in [0.15, 0.2) is 76.3 Å². The Kier molecular flexibility index (Phi) is 6.69. The molecule has 0 spiro atoms. The maximum absolute atomic E-state index is 12.6. The van der Waals surface area contributed by atoms with Crippen LogP contribution < -0.4 is 10.2 Å². The van der Waals surface area contributed by atoms with Crippen molar-refractivity contribution in [3.8, 4) is 5.75 Å². The Labute approximate surface area is 201 Å². The van der Waals surface area contributed by atoms with Crippen LogP contribution in [0.4, 0.5) is 0 Å². The third-order valence-corrected chi connectivity index (χ3v) is 6.74. The number of nitrogens with zero attached hydrogens (tertiary/aromatic N) is 1. The topological polar surface area (TPSA) is 67.8 Å². The summed E-state index contributed by atoms with van der Waals surface area (Å²) in [5, 5.41) is 5.26. The zero-order valence-electron chi connectivity index (χ0n) is 16.8. The Bertz CT molecular complexity index is 1350. The maximum atomic E-state index is 12.6. The van der Waals surface area contributed by atoms with E-state index < -0.39 is 11.9 Å². The lowest BCUT2D eigenvalue weighted by Gasteiger charge is -2.08. The second kappa shape index (κ2) is 9.65. The highest BCUT2D eigenvalue weighted by atomic mass is 79.9. The number of esters is 1. The van der Waals surface area contributed by atoms with Crippen molar-refractivity contribution in [1.82, 2.24) is 5.43 Å². The van der Waals surface area contributed by atoms with Gasteiger partial charge in [-0.25, -0.2) is 10.2 Å². The molecule has 0 aliphatic carbocycles. The molecule has 0 bridgehead atoms. The number of rotatable bonds is 5. The molecule has 3 aromatic carbocycles. The van der Waals surface area contributed by atoms with Crippen molar-refractivity contribution in [1.29, 1.82) is 0 Å². The summed E-state index contributed by atoms with van der Waals surface area (Å²) in [5.41, 5.74) is 4.49. The first-order valence-corrected chi connectivity index (χ1v) is 11.5. The van der Waals surface area contributed by atoms with Crippen molar-refractivity contribution < 1.29 is 14.3 Å². The summed E-state index contributed by atoms with van der Waals surface area (Å²) < 4.78 is 7.24. The number of hydrogen-bond acceptors (Lipinski definition) is 5. The van der Waals surface area contributed by atoms with Gasteiger partial charge in [-0.05, 0) is 43.3 Å². The van der Waals surface area contributed by atoms with Gasteiger partial charge in [-0.3, -0.25) is 4.79 Å². The van der Waals surface area contributed by atoms with Gasteiger partial charge in [0, 0.05) is 20.1 Å². The fourth-order valence-electron chi connectivity index (χ4n) is 2.93. The highest BCUT2D eigenvalue weighted by molar-refractivity contribution is 9.10. The number of aryl methyl sites for hydroxylation is 1. The molecule has 1 amide bonds. The van der Waals surface area contributed by atoms with Crippen LogP contribution in [-0.4, -0.2) is 18.1 Å². The van der Waals surface area contributed by atoms with Gasteiger partial charge in [0.1, 0.15) is 10.6 Å². The second-order valence-electron chi connectivity index (χ2n) is 6.88. The van der Waals surface area contributed by atoms with Crippen LogP contribution in [0.3, 0.4) is 0 Å². The summed E-state index contributed by atoms with van der Waals surface area (Å²) in [6.07, 6.45) is 1.42. The average molecular weight is 528 g/mol. The summed E-state index contributed by atoms with van der Waals surface area (Å²) in [7, 11) is 0. The van der Waals surface area contributed by atoms with Gasteiger partial charge >= 0.3 is 5.97 Å². The van der Waals surface area contributed by atoms with E-state index in [-0.39, 0.29) is 0 Å². The van der Waals surface area contributed by atoms with E-state index >= 15 is 0 Å². The quantitative estimate of drug-likeness (QED) is 0.137. The minimum atomic E-state index is -0.483. The highest BCUT2D eigenvalue weighted by Gasteiger charge is 2.16. The molecule has 1 aromatic heterocycles. The van der Waals surface area contributed by atoms with Crippen molar-refractivity contribution in [2.45, 2.75) is 6.92 Å². The van der Waals surface area contributed by atoms with Crippen LogP contribution in [0, 0.1) is 6.92 Å². The molecule has 0 aliphatic rings. The molecule has 0 unspecified atom stereocenters. The largest absolute Gasteiger partial charge is 0.422 e.